The number of hydrogen-bond donors (Lipinski definition) is 2. The molecule has 2 N–H and O–H groups in total. The van der Waals surface area contributed by atoms with Gasteiger partial charge in [-0.3, -0.25) is 14.5 Å². The van der Waals surface area contributed by atoms with Crippen LogP contribution < -0.4 is 10.6 Å². The largest absolute Gasteiger partial charge is 0.358 e. The van der Waals surface area contributed by atoms with Gasteiger partial charge in [-0.25, -0.2) is 4.98 Å². The summed E-state index contributed by atoms with van der Waals surface area (Å²) >= 11 is 0. The smallest absolute Gasteiger partial charge is 0.239 e. The first-order valence-corrected chi connectivity index (χ1v) is 5.64. The molecule has 1 aromatic rings. The molecule has 1 heterocycles. The van der Waals surface area contributed by atoms with Crippen molar-refractivity contribution in [2.45, 2.75) is 6.92 Å². The van der Waals surface area contributed by atoms with E-state index >= 15 is 0 Å². The van der Waals surface area contributed by atoms with Crippen molar-refractivity contribution < 1.29 is 9.59 Å². The molecule has 6 heteroatoms. The predicted molar refractivity (Wildman–Crippen MR) is 69.2 cm³/mol. The molecule has 0 aliphatic heterocycles. The number of carbonyl (C=O) groups excluding carboxylic acids is 2. The van der Waals surface area contributed by atoms with Crippen LogP contribution in [-0.4, -0.2) is 48.9 Å². The second-order valence-corrected chi connectivity index (χ2v) is 4.06. The van der Waals surface area contributed by atoms with Gasteiger partial charge in [0.1, 0.15) is 5.82 Å². The minimum Gasteiger partial charge on any atom is -0.358 e. The van der Waals surface area contributed by atoms with E-state index in [9.17, 15) is 9.59 Å². The highest BCUT2D eigenvalue weighted by Crippen LogP contribution is 2.03. The molecule has 1 rings (SSSR count). The fourth-order valence-corrected chi connectivity index (χ4v) is 1.42. The van der Waals surface area contributed by atoms with Gasteiger partial charge in [-0.1, -0.05) is 6.07 Å². The molecule has 0 saturated heterocycles. The Morgan fingerprint density at radius 2 is 1.94 bits per heavy atom. The van der Waals surface area contributed by atoms with Gasteiger partial charge in [-0.15, -0.1) is 0 Å². The first-order chi connectivity index (χ1) is 8.51. The molecule has 0 atom stereocenters. The predicted octanol–water partition coefficient (Wildman–Crippen LogP) is 0.00632. The Balaban J connectivity index is 2.44. The van der Waals surface area contributed by atoms with Crippen LogP contribution in [0.1, 0.15) is 5.69 Å². The fraction of sp³-hybridized carbons (Fsp3) is 0.417. The zero-order valence-electron chi connectivity index (χ0n) is 10.9. The molecule has 0 spiro atoms. The van der Waals surface area contributed by atoms with Gasteiger partial charge in [0.15, 0.2) is 0 Å². The number of amides is 2. The van der Waals surface area contributed by atoms with E-state index in [-0.39, 0.29) is 24.9 Å². The van der Waals surface area contributed by atoms with Crippen molar-refractivity contribution in [1.29, 1.82) is 0 Å². The van der Waals surface area contributed by atoms with Crippen LogP contribution in [0.15, 0.2) is 18.2 Å². The molecule has 0 bridgehead atoms. The lowest BCUT2D eigenvalue weighted by molar-refractivity contribution is -0.122. The second-order valence-electron chi connectivity index (χ2n) is 4.06. The Labute approximate surface area is 106 Å². The summed E-state index contributed by atoms with van der Waals surface area (Å²) in [5, 5.41) is 5.18. The number of pyridine rings is 1. The van der Waals surface area contributed by atoms with Gasteiger partial charge in [-0.05, 0) is 26.1 Å². The Bertz CT molecular complexity index is 434. The van der Waals surface area contributed by atoms with Crippen molar-refractivity contribution in [3.8, 4) is 0 Å². The van der Waals surface area contributed by atoms with Crippen molar-refractivity contribution in [3.63, 3.8) is 0 Å². The van der Waals surface area contributed by atoms with E-state index in [1.807, 2.05) is 19.1 Å². The van der Waals surface area contributed by atoms with E-state index in [0.29, 0.717) is 5.82 Å². The number of aromatic nitrogens is 1. The highest BCUT2D eigenvalue weighted by molar-refractivity contribution is 5.91. The molecule has 0 fully saturated rings. The number of carbonyl (C=O) groups is 2. The Morgan fingerprint density at radius 1 is 1.28 bits per heavy atom. The summed E-state index contributed by atoms with van der Waals surface area (Å²) in [6.07, 6.45) is 0. The van der Waals surface area contributed by atoms with Gasteiger partial charge in [0, 0.05) is 12.7 Å². The fourth-order valence-electron chi connectivity index (χ4n) is 1.42. The standard InChI is InChI=1S/C12H18N4O2/c1-9-5-4-6-10(14-9)15-12(18)8-16(3)7-11(17)13-2/h4-6H,7-8H2,1-3H3,(H,13,17)(H,14,15,18). The number of nitrogens with one attached hydrogen (secondary N) is 2. The van der Waals surface area contributed by atoms with E-state index < -0.39 is 0 Å². The van der Waals surface area contributed by atoms with Crippen LogP contribution in [-0.2, 0) is 9.59 Å². The van der Waals surface area contributed by atoms with Gasteiger partial charge < -0.3 is 10.6 Å². The zero-order chi connectivity index (χ0) is 13.5. The molecule has 0 unspecified atom stereocenters. The number of likely N-dealkylation sites (N-methyl/N-ethyl adjacent to an activating group) is 2. The van der Waals surface area contributed by atoms with Gasteiger partial charge in [0.25, 0.3) is 0 Å². The third-order valence-corrected chi connectivity index (χ3v) is 2.26. The maximum absolute atomic E-state index is 11.7. The molecule has 98 valence electrons. The summed E-state index contributed by atoms with van der Waals surface area (Å²) in [6.45, 7) is 2.18. The van der Waals surface area contributed by atoms with E-state index in [2.05, 4.69) is 15.6 Å². The number of nitrogens with zero attached hydrogens (tertiary/aromatic N) is 2. The zero-order valence-corrected chi connectivity index (χ0v) is 10.9. The van der Waals surface area contributed by atoms with Crippen LogP contribution in [0.25, 0.3) is 0 Å². The van der Waals surface area contributed by atoms with Crippen LogP contribution in [0.2, 0.25) is 0 Å². The Kier molecular flexibility index (Phi) is 5.26. The third kappa shape index (κ3) is 4.92. The average molecular weight is 250 g/mol. The van der Waals surface area contributed by atoms with Crippen LogP contribution in [0.5, 0.6) is 0 Å². The van der Waals surface area contributed by atoms with Crippen LogP contribution in [0, 0.1) is 6.92 Å². The number of anilines is 1. The van der Waals surface area contributed by atoms with E-state index in [1.54, 1.807) is 25.1 Å². The molecule has 0 aliphatic rings. The first-order valence-electron chi connectivity index (χ1n) is 5.64. The third-order valence-electron chi connectivity index (χ3n) is 2.26. The summed E-state index contributed by atoms with van der Waals surface area (Å²) in [6, 6.07) is 5.41. The molecule has 0 aromatic carbocycles. The van der Waals surface area contributed by atoms with Crippen LogP contribution >= 0.6 is 0 Å². The van der Waals surface area contributed by atoms with Crippen LogP contribution in [0.3, 0.4) is 0 Å². The van der Waals surface area contributed by atoms with Crippen molar-refractivity contribution in [2.24, 2.45) is 0 Å². The highest BCUT2D eigenvalue weighted by Gasteiger charge is 2.10. The topological polar surface area (TPSA) is 74.3 Å². The van der Waals surface area contributed by atoms with Crippen molar-refractivity contribution in [3.05, 3.63) is 23.9 Å². The Hall–Kier alpha value is -1.95. The van der Waals surface area contributed by atoms with Gasteiger partial charge in [-0.2, -0.15) is 0 Å². The summed E-state index contributed by atoms with van der Waals surface area (Å²) < 4.78 is 0. The number of aryl methyl sites for hydroxylation is 1. The maximum Gasteiger partial charge on any atom is 0.239 e. The average Bonchev–Trinajstić information content (AvgIpc) is 2.28. The molecule has 2 amide bonds. The monoisotopic (exact) mass is 250 g/mol. The second kappa shape index (κ2) is 6.70. The summed E-state index contributed by atoms with van der Waals surface area (Å²) in [7, 11) is 3.27. The molecule has 0 aliphatic carbocycles. The molecular formula is C12H18N4O2. The van der Waals surface area contributed by atoms with Gasteiger partial charge in [0.05, 0.1) is 13.1 Å². The molecule has 6 nitrogen and oxygen atoms in total. The first kappa shape index (κ1) is 14.1. The maximum atomic E-state index is 11.7. The van der Waals surface area contributed by atoms with Gasteiger partial charge in [0.2, 0.25) is 11.8 Å². The normalized spacial score (nSPS) is 10.2. The lowest BCUT2D eigenvalue weighted by Gasteiger charge is -2.14. The molecule has 1 aromatic heterocycles. The van der Waals surface area contributed by atoms with Crippen LogP contribution in [0.4, 0.5) is 5.82 Å². The number of rotatable bonds is 5. The van der Waals surface area contributed by atoms with Crippen molar-refractivity contribution in [2.75, 3.05) is 32.5 Å². The molecule has 0 saturated carbocycles. The molecule has 18 heavy (non-hydrogen) atoms. The molecule has 0 radical (unpaired) electrons. The van der Waals surface area contributed by atoms with Gasteiger partial charge >= 0.3 is 0 Å². The summed E-state index contributed by atoms with van der Waals surface area (Å²) in [5.41, 5.74) is 0.839. The quantitative estimate of drug-likeness (QED) is 0.772. The summed E-state index contributed by atoms with van der Waals surface area (Å²) in [5.74, 6) is 0.201. The SMILES string of the molecule is CNC(=O)CN(C)CC(=O)Nc1cccc(C)n1. The lowest BCUT2D eigenvalue weighted by atomic mass is 10.3. The minimum atomic E-state index is -0.195. The van der Waals surface area contributed by atoms with Crippen molar-refractivity contribution >= 4 is 17.6 Å². The Morgan fingerprint density at radius 3 is 2.56 bits per heavy atom. The number of hydrogen-bond acceptors (Lipinski definition) is 4. The van der Waals surface area contributed by atoms with E-state index in [4.69, 9.17) is 0 Å². The minimum absolute atomic E-state index is 0.126. The van der Waals surface area contributed by atoms with E-state index in [1.165, 1.54) is 0 Å². The highest BCUT2D eigenvalue weighted by atomic mass is 16.2. The van der Waals surface area contributed by atoms with E-state index in [0.717, 1.165) is 5.69 Å². The summed E-state index contributed by atoms with van der Waals surface area (Å²) in [4.78, 5) is 28.6. The van der Waals surface area contributed by atoms with Crippen molar-refractivity contribution in [1.82, 2.24) is 15.2 Å². The lowest BCUT2D eigenvalue weighted by Crippen LogP contribution is -2.37. The molecular weight excluding hydrogens is 232 g/mol.